The Kier molecular flexibility index (Phi) is 3.88. The van der Waals surface area contributed by atoms with Gasteiger partial charge in [-0.25, -0.2) is 4.98 Å². The van der Waals surface area contributed by atoms with Crippen molar-refractivity contribution in [1.29, 1.82) is 0 Å². The summed E-state index contributed by atoms with van der Waals surface area (Å²) in [5.41, 5.74) is 2.38. The summed E-state index contributed by atoms with van der Waals surface area (Å²) in [4.78, 5) is 4.57. The molecular weight excluding hydrogens is 216 g/mol. The van der Waals surface area contributed by atoms with Gasteiger partial charge in [-0.15, -0.1) is 0 Å². The third-order valence-corrected chi connectivity index (χ3v) is 3.71. The minimum Gasteiger partial charge on any atom is -0.328 e. The van der Waals surface area contributed by atoms with Crippen LogP contribution in [-0.2, 0) is 6.54 Å². The first-order valence-corrected chi connectivity index (χ1v) is 6.98. The number of thioether (sulfide) groups is 1. The van der Waals surface area contributed by atoms with Crippen LogP contribution in [0.5, 0.6) is 0 Å². The molecule has 16 heavy (non-hydrogen) atoms. The Bertz CT molecular complexity index is 462. The lowest BCUT2D eigenvalue weighted by atomic mass is 10.3. The van der Waals surface area contributed by atoms with Crippen molar-refractivity contribution >= 4 is 22.8 Å². The lowest BCUT2D eigenvalue weighted by Gasteiger charge is -2.06. The van der Waals surface area contributed by atoms with Gasteiger partial charge in [0.15, 0.2) is 0 Å². The highest BCUT2D eigenvalue weighted by Gasteiger charge is 2.05. The van der Waals surface area contributed by atoms with E-state index < -0.39 is 0 Å². The van der Waals surface area contributed by atoms with E-state index in [2.05, 4.69) is 41.6 Å². The average molecular weight is 234 g/mol. The van der Waals surface area contributed by atoms with Crippen molar-refractivity contribution in [3.05, 3.63) is 30.1 Å². The Labute approximate surface area is 101 Å². The molecule has 2 aromatic rings. The van der Waals surface area contributed by atoms with Crippen molar-refractivity contribution in [2.24, 2.45) is 0 Å². The molecule has 2 rings (SSSR count). The van der Waals surface area contributed by atoms with E-state index in [4.69, 9.17) is 0 Å². The zero-order chi connectivity index (χ0) is 11.4. The van der Waals surface area contributed by atoms with Gasteiger partial charge in [-0.2, -0.15) is 11.8 Å². The van der Waals surface area contributed by atoms with E-state index in [0.29, 0.717) is 0 Å². The van der Waals surface area contributed by atoms with Gasteiger partial charge in [-0.1, -0.05) is 19.1 Å². The largest absolute Gasteiger partial charge is 0.328 e. The molecule has 0 radical (unpaired) electrons. The van der Waals surface area contributed by atoms with Crippen LogP contribution < -0.4 is 0 Å². The SMILES string of the molecule is CCSCCCn1c(C)nc2ccccc21. The molecule has 1 aromatic carbocycles. The van der Waals surface area contributed by atoms with E-state index in [1.165, 1.54) is 23.4 Å². The van der Waals surface area contributed by atoms with E-state index in [-0.39, 0.29) is 0 Å². The topological polar surface area (TPSA) is 17.8 Å². The number of hydrogen-bond acceptors (Lipinski definition) is 2. The second-order valence-corrected chi connectivity index (χ2v) is 5.24. The van der Waals surface area contributed by atoms with Crippen LogP contribution in [0, 0.1) is 6.92 Å². The molecule has 0 aliphatic carbocycles. The number of nitrogens with zero attached hydrogens (tertiary/aromatic N) is 2. The second kappa shape index (κ2) is 5.39. The molecule has 0 amide bonds. The van der Waals surface area contributed by atoms with Gasteiger partial charge in [0.1, 0.15) is 5.82 Å². The minimum atomic E-state index is 1.08. The van der Waals surface area contributed by atoms with Crippen molar-refractivity contribution in [2.75, 3.05) is 11.5 Å². The van der Waals surface area contributed by atoms with Crippen molar-refractivity contribution in [3.8, 4) is 0 Å². The standard InChI is InChI=1S/C13H18N2S/c1-3-16-10-6-9-15-11(2)14-12-7-4-5-8-13(12)15/h4-5,7-8H,3,6,9-10H2,1-2H3. The van der Waals surface area contributed by atoms with Crippen LogP contribution >= 0.6 is 11.8 Å². The summed E-state index contributed by atoms with van der Waals surface area (Å²) >= 11 is 2.01. The van der Waals surface area contributed by atoms with Gasteiger partial charge in [-0.3, -0.25) is 0 Å². The predicted molar refractivity (Wildman–Crippen MR) is 72.1 cm³/mol. The maximum Gasteiger partial charge on any atom is 0.106 e. The molecular formula is C13H18N2S. The first kappa shape index (κ1) is 11.5. The van der Waals surface area contributed by atoms with Crippen molar-refractivity contribution in [1.82, 2.24) is 9.55 Å². The minimum absolute atomic E-state index is 1.08. The molecule has 1 aromatic heterocycles. The lowest BCUT2D eigenvalue weighted by molar-refractivity contribution is 0.680. The Morgan fingerprint density at radius 1 is 1.31 bits per heavy atom. The zero-order valence-corrected chi connectivity index (χ0v) is 10.8. The average Bonchev–Trinajstić information content (AvgIpc) is 2.61. The van der Waals surface area contributed by atoms with Crippen molar-refractivity contribution in [3.63, 3.8) is 0 Å². The fourth-order valence-corrected chi connectivity index (χ4v) is 2.57. The van der Waals surface area contributed by atoms with Crippen molar-refractivity contribution in [2.45, 2.75) is 26.8 Å². The summed E-state index contributed by atoms with van der Waals surface area (Å²) in [6, 6.07) is 8.37. The molecule has 1 heterocycles. The molecule has 0 N–H and O–H groups in total. The Hall–Kier alpha value is -0.960. The van der Waals surface area contributed by atoms with Gasteiger partial charge < -0.3 is 4.57 Å². The summed E-state index contributed by atoms with van der Waals surface area (Å²) in [7, 11) is 0. The normalized spacial score (nSPS) is 11.1. The summed E-state index contributed by atoms with van der Waals surface area (Å²) in [5.74, 6) is 3.58. The number of aromatic nitrogens is 2. The summed E-state index contributed by atoms with van der Waals surface area (Å²) in [5, 5.41) is 0. The summed E-state index contributed by atoms with van der Waals surface area (Å²) in [6.45, 7) is 5.38. The third kappa shape index (κ3) is 2.40. The highest BCUT2D eigenvalue weighted by Crippen LogP contribution is 2.16. The molecule has 0 aliphatic heterocycles. The molecule has 0 atom stereocenters. The van der Waals surface area contributed by atoms with Crippen LogP contribution in [0.15, 0.2) is 24.3 Å². The maximum absolute atomic E-state index is 4.57. The van der Waals surface area contributed by atoms with Crippen LogP contribution in [0.25, 0.3) is 11.0 Å². The highest BCUT2D eigenvalue weighted by molar-refractivity contribution is 7.99. The number of imidazole rings is 1. The van der Waals surface area contributed by atoms with Crippen LogP contribution in [0.2, 0.25) is 0 Å². The summed E-state index contributed by atoms with van der Waals surface area (Å²) < 4.78 is 2.32. The Morgan fingerprint density at radius 2 is 2.12 bits per heavy atom. The lowest BCUT2D eigenvalue weighted by Crippen LogP contribution is -2.01. The third-order valence-electron chi connectivity index (χ3n) is 2.72. The molecule has 0 aliphatic rings. The number of rotatable bonds is 5. The number of hydrogen-bond donors (Lipinski definition) is 0. The first-order valence-electron chi connectivity index (χ1n) is 5.82. The smallest absolute Gasteiger partial charge is 0.106 e. The molecule has 3 heteroatoms. The second-order valence-electron chi connectivity index (χ2n) is 3.85. The Morgan fingerprint density at radius 3 is 2.94 bits per heavy atom. The quantitative estimate of drug-likeness (QED) is 0.737. The molecule has 0 unspecified atom stereocenters. The van der Waals surface area contributed by atoms with Crippen LogP contribution in [0.4, 0.5) is 0 Å². The van der Waals surface area contributed by atoms with E-state index >= 15 is 0 Å². The fourth-order valence-electron chi connectivity index (χ4n) is 1.95. The highest BCUT2D eigenvalue weighted by atomic mass is 32.2. The van der Waals surface area contributed by atoms with Crippen LogP contribution in [0.3, 0.4) is 0 Å². The number of para-hydroxylation sites is 2. The zero-order valence-electron chi connectivity index (χ0n) is 9.94. The van der Waals surface area contributed by atoms with E-state index in [9.17, 15) is 0 Å². The maximum atomic E-state index is 4.57. The molecule has 0 saturated heterocycles. The van der Waals surface area contributed by atoms with Crippen LogP contribution in [-0.4, -0.2) is 21.1 Å². The van der Waals surface area contributed by atoms with E-state index in [1.54, 1.807) is 0 Å². The molecule has 86 valence electrons. The number of fused-ring (bicyclic) bond motifs is 1. The first-order chi connectivity index (χ1) is 7.83. The van der Waals surface area contributed by atoms with Gasteiger partial charge in [-0.05, 0) is 37.0 Å². The fraction of sp³-hybridized carbons (Fsp3) is 0.462. The van der Waals surface area contributed by atoms with Gasteiger partial charge in [0.05, 0.1) is 11.0 Å². The molecule has 0 saturated carbocycles. The molecule has 0 spiro atoms. The number of benzene rings is 1. The van der Waals surface area contributed by atoms with Crippen molar-refractivity contribution < 1.29 is 0 Å². The molecule has 0 fully saturated rings. The predicted octanol–water partition coefficient (Wildman–Crippen LogP) is 3.49. The molecule has 0 bridgehead atoms. The Balaban J connectivity index is 2.13. The molecule has 2 nitrogen and oxygen atoms in total. The summed E-state index contributed by atoms with van der Waals surface area (Å²) in [6.07, 6.45) is 1.22. The van der Waals surface area contributed by atoms with E-state index in [1.807, 2.05) is 17.8 Å². The monoisotopic (exact) mass is 234 g/mol. The van der Waals surface area contributed by atoms with Gasteiger partial charge >= 0.3 is 0 Å². The number of aryl methyl sites for hydroxylation is 2. The van der Waals surface area contributed by atoms with Crippen LogP contribution in [0.1, 0.15) is 19.2 Å². The van der Waals surface area contributed by atoms with E-state index in [0.717, 1.165) is 17.9 Å². The van der Waals surface area contributed by atoms with Gasteiger partial charge in [0.2, 0.25) is 0 Å². The van der Waals surface area contributed by atoms with Gasteiger partial charge in [0.25, 0.3) is 0 Å². The van der Waals surface area contributed by atoms with Gasteiger partial charge in [0, 0.05) is 6.54 Å².